The van der Waals surface area contributed by atoms with Crippen LogP contribution >= 0.6 is 0 Å². The zero-order chi connectivity index (χ0) is 16.4. The number of fused-ring (bicyclic) bond motifs is 1. The van der Waals surface area contributed by atoms with Gasteiger partial charge in [0.25, 0.3) is 5.71 Å². The lowest BCUT2D eigenvalue weighted by atomic mass is 10.2. The molecular formula is C17H19N5O2. The number of hydrogen-bond acceptors (Lipinski definition) is 7. The minimum absolute atomic E-state index is 0.201. The third-order valence-electron chi connectivity index (χ3n) is 4.11. The summed E-state index contributed by atoms with van der Waals surface area (Å²) in [4.78, 5) is 19.7. The molecule has 0 amide bonds. The quantitative estimate of drug-likeness (QED) is 0.713. The van der Waals surface area contributed by atoms with Crippen molar-refractivity contribution < 1.29 is 9.15 Å². The largest absolute Gasteiger partial charge is 0.422 e. The zero-order valence-electron chi connectivity index (χ0n) is 13.6. The molecule has 124 valence electrons. The van der Waals surface area contributed by atoms with E-state index in [1.54, 1.807) is 6.20 Å². The second-order valence-electron chi connectivity index (χ2n) is 5.92. The monoisotopic (exact) mass is 325 g/mol. The second kappa shape index (κ2) is 6.52. The van der Waals surface area contributed by atoms with Gasteiger partial charge in [-0.05, 0) is 25.0 Å². The van der Waals surface area contributed by atoms with E-state index in [9.17, 15) is 0 Å². The number of oxazole rings is 1. The number of anilines is 1. The highest BCUT2D eigenvalue weighted by Crippen LogP contribution is 2.26. The van der Waals surface area contributed by atoms with Gasteiger partial charge in [0.2, 0.25) is 0 Å². The van der Waals surface area contributed by atoms with Crippen molar-refractivity contribution in [3.63, 3.8) is 0 Å². The van der Waals surface area contributed by atoms with Crippen molar-refractivity contribution in [3.05, 3.63) is 42.3 Å². The Bertz CT molecular complexity index is 814. The smallest absolute Gasteiger partial charge is 0.252 e. The van der Waals surface area contributed by atoms with Gasteiger partial charge in [0.15, 0.2) is 17.2 Å². The average molecular weight is 325 g/mol. The summed E-state index contributed by atoms with van der Waals surface area (Å²) in [5, 5.41) is 0. The van der Waals surface area contributed by atoms with Crippen LogP contribution in [-0.2, 0) is 11.3 Å². The van der Waals surface area contributed by atoms with Crippen molar-refractivity contribution in [1.82, 2.24) is 19.9 Å². The molecule has 7 nitrogen and oxygen atoms in total. The SMILES string of the molecule is Cc1nc2c(N(Cc3ccccn3)C[C@@H]3CCCO3)ncnc2o1. The Balaban J connectivity index is 1.69. The van der Waals surface area contributed by atoms with Gasteiger partial charge in [-0.3, -0.25) is 4.98 Å². The first-order chi connectivity index (χ1) is 11.8. The minimum atomic E-state index is 0.201. The summed E-state index contributed by atoms with van der Waals surface area (Å²) in [5.74, 6) is 1.35. The summed E-state index contributed by atoms with van der Waals surface area (Å²) in [6.45, 7) is 4.02. The van der Waals surface area contributed by atoms with Crippen LogP contribution in [-0.4, -0.2) is 39.2 Å². The molecule has 24 heavy (non-hydrogen) atoms. The molecule has 4 rings (SSSR count). The molecule has 7 heteroatoms. The highest BCUT2D eigenvalue weighted by atomic mass is 16.5. The first-order valence-electron chi connectivity index (χ1n) is 8.14. The summed E-state index contributed by atoms with van der Waals surface area (Å²) < 4.78 is 11.4. The molecular weight excluding hydrogens is 306 g/mol. The van der Waals surface area contributed by atoms with Crippen molar-refractivity contribution in [2.75, 3.05) is 18.1 Å². The molecule has 0 spiro atoms. The predicted molar refractivity (Wildman–Crippen MR) is 88.6 cm³/mol. The topological polar surface area (TPSA) is 77.2 Å². The molecule has 0 aromatic carbocycles. The van der Waals surface area contributed by atoms with Crippen molar-refractivity contribution in [2.24, 2.45) is 0 Å². The van der Waals surface area contributed by atoms with Gasteiger partial charge in [0.05, 0.1) is 18.3 Å². The van der Waals surface area contributed by atoms with E-state index in [2.05, 4.69) is 24.8 Å². The fraction of sp³-hybridized carbons (Fsp3) is 0.412. The number of hydrogen-bond donors (Lipinski definition) is 0. The number of rotatable bonds is 5. The molecule has 1 atom stereocenters. The number of ether oxygens (including phenoxy) is 1. The number of pyridine rings is 1. The van der Waals surface area contributed by atoms with Gasteiger partial charge in [-0.15, -0.1) is 0 Å². The lowest BCUT2D eigenvalue weighted by molar-refractivity contribution is 0.115. The van der Waals surface area contributed by atoms with Crippen molar-refractivity contribution in [3.8, 4) is 0 Å². The average Bonchev–Trinajstić information content (AvgIpc) is 3.23. The fourth-order valence-electron chi connectivity index (χ4n) is 3.03. The summed E-state index contributed by atoms with van der Waals surface area (Å²) in [7, 11) is 0. The third kappa shape index (κ3) is 3.07. The van der Waals surface area contributed by atoms with Gasteiger partial charge in [0, 0.05) is 26.3 Å². The summed E-state index contributed by atoms with van der Waals surface area (Å²) >= 11 is 0. The second-order valence-corrected chi connectivity index (χ2v) is 5.92. The molecule has 3 aromatic rings. The van der Waals surface area contributed by atoms with Gasteiger partial charge >= 0.3 is 0 Å². The summed E-state index contributed by atoms with van der Waals surface area (Å²) in [6, 6.07) is 5.91. The van der Waals surface area contributed by atoms with Crippen LogP contribution in [0.5, 0.6) is 0 Å². The van der Waals surface area contributed by atoms with E-state index in [4.69, 9.17) is 9.15 Å². The summed E-state index contributed by atoms with van der Waals surface area (Å²) in [5.41, 5.74) is 2.17. The molecule has 0 N–H and O–H groups in total. The van der Waals surface area contributed by atoms with Crippen LogP contribution in [0.1, 0.15) is 24.4 Å². The van der Waals surface area contributed by atoms with E-state index >= 15 is 0 Å². The van der Waals surface area contributed by atoms with Crippen molar-refractivity contribution >= 4 is 17.0 Å². The molecule has 1 aliphatic heterocycles. The van der Waals surface area contributed by atoms with E-state index in [0.717, 1.165) is 37.5 Å². The molecule has 4 heterocycles. The van der Waals surface area contributed by atoms with E-state index in [1.165, 1.54) is 6.33 Å². The highest BCUT2D eigenvalue weighted by Gasteiger charge is 2.23. The maximum atomic E-state index is 5.81. The molecule has 0 radical (unpaired) electrons. The van der Waals surface area contributed by atoms with Gasteiger partial charge in [-0.2, -0.15) is 4.98 Å². The van der Waals surface area contributed by atoms with Gasteiger partial charge in [-0.1, -0.05) is 6.07 Å². The normalized spacial score (nSPS) is 17.5. The van der Waals surface area contributed by atoms with Gasteiger partial charge in [0.1, 0.15) is 6.33 Å². The number of nitrogens with zero attached hydrogens (tertiary/aromatic N) is 5. The Morgan fingerprint density at radius 1 is 1.25 bits per heavy atom. The van der Waals surface area contributed by atoms with Crippen molar-refractivity contribution in [1.29, 1.82) is 0 Å². The zero-order valence-corrected chi connectivity index (χ0v) is 13.6. The Hall–Kier alpha value is -2.54. The first kappa shape index (κ1) is 15.0. The van der Waals surface area contributed by atoms with E-state index < -0.39 is 0 Å². The van der Waals surface area contributed by atoms with E-state index in [-0.39, 0.29) is 6.10 Å². The Morgan fingerprint density at radius 2 is 2.21 bits per heavy atom. The Kier molecular flexibility index (Phi) is 4.08. The maximum absolute atomic E-state index is 5.81. The van der Waals surface area contributed by atoms with Crippen LogP contribution in [0.2, 0.25) is 0 Å². The van der Waals surface area contributed by atoms with Crippen LogP contribution in [0.3, 0.4) is 0 Å². The van der Waals surface area contributed by atoms with E-state index in [0.29, 0.717) is 23.7 Å². The Morgan fingerprint density at radius 3 is 3.00 bits per heavy atom. The highest BCUT2D eigenvalue weighted by molar-refractivity contribution is 5.81. The standard InChI is InChI=1S/C17H19N5O2/c1-12-21-15-16(19-11-20-17(15)24-12)22(10-14-6-4-8-23-14)9-13-5-2-3-7-18-13/h2-3,5,7,11,14H,4,6,8-10H2,1H3/t14-/m0/s1. The minimum Gasteiger partial charge on any atom is -0.422 e. The van der Waals surface area contributed by atoms with Crippen LogP contribution < -0.4 is 4.90 Å². The molecule has 3 aromatic heterocycles. The first-order valence-corrected chi connectivity index (χ1v) is 8.14. The van der Waals surface area contributed by atoms with Crippen LogP contribution in [0, 0.1) is 6.92 Å². The van der Waals surface area contributed by atoms with Crippen molar-refractivity contribution in [2.45, 2.75) is 32.4 Å². The lowest BCUT2D eigenvalue weighted by Crippen LogP contribution is -2.33. The van der Waals surface area contributed by atoms with Crippen LogP contribution in [0.25, 0.3) is 11.2 Å². The number of aryl methyl sites for hydroxylation is 1. The maximum Gasteiger partial charge on any atom is 0.252 e. The molecule has 1 saturated heterocycles. The summed E-state index contributed by atoms with van der Waals surface area (Å²) in [6.07, 6.45) is 5.68. The van der Waals surface area contributed by atoms with Gasteiger partial charge < -0.3 is 14.1 Å². The van der Waals surface area contributed by atoms with Crippen LogP contribution in [0.15, 0.2) is 35.1 Å². The molecule has 0 saturated carbocycles. The molecule has 1 fully saturated rings. The number of aromatic nitrogens is 4. The molecule has 0 unspecified atom stereocenters. The van der Waals surface area contributed by atoms with Gasteiger partial charge in [-0.25, -0.2) is 9.97 Å². The fourth-order valence-corrected chi connectivity index (χ4v) is 3.03. The van der Waals surface area contributed by atoms with E-state index in [1.807, 2.05) is 25.1 Å². The Labute approximate surface area is 139 Å². The lowest BCUT2D eigenvalue weighted by Gasteiger charge is -2.26. The molecule has 1 aliphatic rings. The molecule has 0 bridgehead atoms. The molecule has 0 aliphatic carbocycles. The predicted octanol–water partition coefficient (Wildman–Crippen LogP) is 2.51. The third-order valence-corrected chi connectivity index (χ3v) is 4.11. The van der Waals surface area contributed by atoms with Crippen LogP contribution in [0.4, 0.5) is 5.82 Å².